The third-order valence-corrected chi connectivity index (χ3v) is 7.01. The van der Waals surface area contributed by atoms with E-state index in [1.165, 1.54) is 6.07 Å². The van der Waals surface area contributed by atoms with Crippen LogP contribution in [0.2, 0.25) is 0 Å². The first-order chi connectivity index (χ1) is 16.0. The zero-order chi connectivity index (χ0) is 22.9. The molecule has 1 N–H and O–H groups in total. The topological polar surface area (TPSA) is 62.5 Å². The molecule has 1 aliphatic carbocycles. The molecule has 5 rings (SSSR count). The predicted octanol–water partition coefficient (Wildman–Crippen LogP) is 4.42. The van der Waals surface area contributed by atoms with Crippen LogP contribution < -0.4 is 5.32 Å². The Kier molecular flexibility index (Phi) is 6.15. The molecule has 1 aromatic carbocycles. The number of rotatable bonds is 7. The molecule has 2 aliphatic rings. The standard InChI is InChI=1S/C26H32FN5O/c1-17-21(12-13-26(33)29-20-10-11-20)18(2)32-25(28-17)15-23(30-32)24-9-5-6-14-31(24)16-19-7-3-4-8-22(19)27/h3-4,7-8,15,20,24H,5-6,9-14,16H2,1-2H3,(H,29,33)/t24-/m0/s1. The van der Waals surface area contributed by atoms with Gasteiger partial charge in [-0.25, -0.2) is 13.9 Å². The Morgan fingerprint density at radius 3 is 2.79 bits per heavy atom. The van der Waals surface area contributed by atoms with Crippen LogP contribution in [0.15, 0.2) is 30.3 Å². The Labute approximate surface area is 194 Å². The zero-order valence-corrected chi connectivity index (χ0v) is 19.5. The number of hydrogen-bond donors (Lipinski definition) is 1. The van der Waals surface area contributed by atoms with Gasteiger partial charge in [-0.2, -0.15) is 5.10 Å². The van der Waals surface area contributed by atoms with Crippen LogP contribution in [0.25, 0.3) is 5.65 Å². The molecule has 1 saturated heterocycles. The van der Waals surface area contributed by atoms with Gasteiger partial charge in [0, 0.05) is 42.0 Å². The van der Waals surface area contributed by atoms with Crippen LogP contribution in [0.5, 0.6) is 0 Å². The number of amides is 1. The van der Waals surface area contributed by atoms with Crippen molar-refractivity contribution in [2.24, 2.45) is 0 Å². The first-order valence-electron chi connectivity index (χ1n) is 12.1. The van der Waals surface area contributed by atoms with Crippen molar-refractivity contribution in [3.05, 3.63) is 64.4 Å². The fourth-order valence-electron chi connectivity index (χ4n) is 5.00. The molecular formula is C26H32FN5O. The Bertz CT molecular complexity index is 1170. The number of fused-ring (bicyclic) bond motifs is 1. The number of benzene rings is 1. The van der Waals surface area contributed by atoms with E-state index in [2.05, 4.69) is 23.2 Å². The molecule has 6 nitrogen and oxygen atoms in total. The number of carbonyl (C=O) groups is 1. The minimum Gasteiger partial charge on any atom is -0.353 e. The van der Waals surface area contributed by atoms with E-state index in [4.69, 9.17) is 10.1 Å². The highest BCUT2D eigenvalue weighted by atomic mass is 19.1. The molecule has 0 bridgehead atoms. The summed E-state index contributed by atoms with van der Waals surface area (Å²) >= 11 is 0. The van der Waals surface area contributed by atoms with Gasteiger partial charge in [0.05, 0.1) is 11.7 Å². The minimum absolute atomic E-state index is 0.114. The monoisotopic (exact) mass is 449 g/mol. The van der Waals surface area contributed by atoms with E-state index >= 15 is 0 Å². The van der Waals surface area contributed by atoms with Crippen LogP contribution in [0.1, 0.15) is 72.8 Å². The van der Waals surface area contributed by atoms with Gasteiger partial charge in [-0.3, -0.25) is 9.69 Å². The number of nitrogens with one attached hydrogen (secondary N) is 1. The lowest BCUT2D eigenvalue weighted by Gasteiger charge is -2.34. The van der Waals surface area contributed by atoms with Crippen molar-refractivity contribution in [2.75, 3.05) is 6.54 Å². The Morgan fingerprint density at radius 1 is 1.18 bits per heavy atom. The maximum Gasteiger partial charge on any atom is 0.220 e. The average Bonchev–Trinajstić information content (AvgIpc) is 3.51. The molecule has 0 spiro atoms. The number of carbonyl (C=O) groups excluding carboxylic acids is 1. The third-order valence-electron chi connectivity index (χ3n) is 7.01. The van der Waals surface area contributed by atoms with Gasteiger partial charge in [-0.05, 0) is 64.1 Å². The fraction of sp³-hybridized carbons (Fsp3) is 0.500. The second kappa shape index (κ2) is 9.21. The van der Waals surface area contributed by atoms with Gasteiger partial charge in [0.1, 0.15) is 5.82 Å². The highest BCUT2D eigenvalue weighted by Gasteiger charge is 2.28. The van der Waals surface area contributed by atoms with Crippen molar-refractivity contribution < 1.29 is 9.18 Å². The molecule has 33 heavy (non-hydrogen) atoms. The van der Waals surface area contributed by atoms with Gasteiger partial charge in [0.2, 0.25) is 5.91 Å². The van der Waals surface area contributed by atoms with Gasteiger partial charge in [0.15, 0.2) is 5.65 Å². The summed E-state index contributed by atoms with van der Waals surface area (Å²) in [5, 5.41) is 8.02. The largest absolute Gasteiger partial charge is 0.353 e. The minimum atomic E-state index is -0.152. The SMILES string of the molecule is Cc1nc2cc([C@@H]3CCCCN3Cc3ccccc3F)nn2c(C)c1CCC(=O)NC1CC1. The molecule has 0 unspecified atom stereocenters. The van der Waals surface area contributed by atoms with E-state index in [0.717, 1.165) is 72.5 Å². The van der Waals surface area contributed by atoms with E-state index < -0.39 is 0 Å². The molecule has 0 radical (unpaired) electrons. The molecule has 1 aliphatic heterocycles. The second-order valence-corrected chi connectivity index (χ2v) is 9.52. The number of piperidine rings is 1. The van der Waals surface area contributed by atoms with Crippen LogP contribution in [-0.2, 0) is 17.8 Å². The lowest BCUT2D eigenvalue weighted by atomic mass is 9.98. The average molecular weight is 450 g/mol. The number of hydrogen-bond acceptors (Lipinski definition) is 4. The molecule has 7 heteroatoms. The number of aromatic nitrogens is 3. The first-order valence-corrected chi connectivity index (χ1v) is 12.1. The summed E-state index contributed by atoms with van der Waals surface area (Å²) < 4.78 is 16.2. The van der Waals surface area contributed by atoms with Gasteiger partial charge in [0.25, 0.3) is 0 Å². The molecule has 3 heterocycles. The molecule has 2 aromatic heterocycles. The smallest absolute Gasteiger partial charge is 0.220 e. The summed E-state index contributed by atoms with van der Waals surface area (Å²) in [4.78, 5) is 19.3. The molecular weight excluding hydrogens is 417 g/mol. The van der Waals surface area contributed by atoms with E-state index in [-0.39, 0.29) is 17.8 Å². The fourth-order valence-corrected chi connectivity index (χ4v) is 5.00. The summed E-state index contributed by atoms with van der Waals surface area (Å²) in [6.45, 7) is 5.58. The number of likely N-dealkylation sites (tertiary alicyclic amines) is 1. The first kappa shape index (κ1) is 22.0. The van der Waals surface area contributed by atoms with E-state index in [1.807, 2.05) is 23.6 Å². The van der Waals surface area contributed by atoms with Crippen molar-refractivity contribution in [3.8, 4) is 0 Å². The van der Waals surface area contributed by atoms with Crippen molar-refractivity contribution in [1.82, 2.24) is 24.8 Å². The Morgan fingerprint density at radius 2 is 2.00 bits per heavy atom. The summed E-state index contributed by atoms with van der Waals surface area (Å²) in [7, 11) is 0. The number of nitrogens with zero attached hydrogens (tertiary/aromatic N) is 4. The molecule has 1 saturated carbocycles. The molecule has 2 fully saturated rings. The maximum atomic E-state index is 14.3. The Hall–Kier alpha value is -2.80. The molecule has 3 aromatic rings. The highest BCUT2D eigenvalue weighted by Crippen LogP contribution is 2.33. The van der Waals surface area contributed by atoms with Crippen molar-refractivity contribution >= 4 is 11.6 Å². The van der Waals surface area contributed by atoms with Crippen molar-refractivity contribution in [3.63, 3.8) is 0 Å². The summed E-state index contributed by atoms with van der Waals surface area (Å²) in [5.41, 5.74) is 5.64. The number of halogens is 1. The van der Waals surface area contributed by atoms with Gasteiger partial charge in [-0.1, -0.05) is 24.6 Å². The third kappa shape index (κ3) is 4.78. The number of aryl methyl sites for hydroxylation is 2. The molecule has 1 amide bonds. The van der Waals surface area contributed by atoms with Crippen molar-refractivity contribution in [1.29, 1.82) is 0 Å². The second-order valence-electron chi connectivity index (χ2n) is 9.52. The van der Waals surface area contributed by atoms with Crippen LogP contribution in [0, 0.1) is 19.7 Å². The summed E-state index contributed by atoms with van der Waals surface area (Å²) in [5.74, 6) is -0.0381. The van der Waals surface area contributed by atoms with Gasteiger partial charge >= 0.3 is 0 Å². The van der Waals surface area contributed by atoms with Crippen LogP contribution >= 0.6 is 0 Å². The van der Waals surface area contributed by atoms with E-state index in [1.54, 1.807) is 6.07 Å². The molecule has 174 valence electrons. The van der Waals surface area contributed by atoms with Gasteiger partial charge < -0.3 is 5.32 Å². The lowest BCUT2D eigenvalue weighted by molar-refractivity contribution is -0.121. The normalized spacial score (nSPS) is 19.2. The van der Waals surface area contributed by atoms with Crippen LogP contribution in [0.4, 0.5) is 4.39 Å². The van der Waals surface area contributed by atoms with Crippen LogP contribution in [0.3, 0.4) is 0 Å². The van der Waals surface area contributed by atoms with Gasteiger partial charge in [-0.15, -0.1) is 0 Å². The molecule has 1 atom stereocenters. The maximum absolute atomic E-state index is 14.3. The highest BCUT2D eigenvalue weighted by molar-refractivity contribution is 5.76. The van der Waals surface area contributed by atoms with Crippen molar-refractivity contribution in [2.45, 2.75) is 77.4 Å². The summed E-state index contributed by atoms with van der Waals surface area (Å²) in [6, 6.07) is 9.63. The van der Waals surface area contributed by atoms with E-state index in [9.17, 15) is 9.18 Å². The predicted molar refractivity (Wildman–Crippen MR) is 125 cm³/mol. The van der Waals surface area contributed by atoms with Crippen LogP contribution in [-0.4, -0.2) is 38.0 Å². The zero-order valence-electron chi connectivity index (χ0n) is 19.5. The van der Waals surface area contributed by atoms with E-state index in [0.29, 0.717) is 25.4 Å². The lowest BCUT2D eigenvalue weighted by Crippen LogP contribution is -2.33. The summed E-state index contributed by atoms with van der Waals surface area (Å²) in [6.07, 6.45) is 6.59. The quantitative estimate of drug-likeness (QED) is 0.580. The Balaban J connectivity index is 1.38.